The van der Waals surface area contributed by atoms with Crippen molar-refractivity contribution in [2.24, 2.45) is 5.92 Å². The molecule has 2 aromatic rings. The van der Waals surface area contributed by atoms with E-state index in [0.29, 0.717) is 0 Å². The molecule has 4 heteroatoms. The van der Waals surface area contributed by atoms with Gasteiger partial charge in [0.25, 0.3) is 0 Å². The van der Waals surface area contributed by atoms with Crippen molar-refractivity contribution in [2.45, 2.75) is 39.0 Å². The molecule has 1 heterocycles. The van der Waals surface area contributed by atoms with Crippen LogP contribution in [0.15, 0.2) is 30.3 Å². The van der Waals surface area contributed by atoms with Gasteiger partial charge in [-0.2, -0.15) is 5.10 Å². The highest BCUT2D eigenvalue weighted by molar-refractivity contribution is 5.92. The van der Waals surface area contributed by atoms with Crippen LogP contribution in [0.5, 0.6) is 0 Å². The highest BCUT2D eigenvalue weighted by Crippen LogP contribution is 2.25. The highest BCUT2D eigenvalue weighted by Gasteiger charge is 2.20. The fraction of sp³-hybridized carbons (Fsp3) is 0.412. The predicted octanol–water partition coefficient (Wildman–Crippen LogP) is 3.90. The Morgan fingerprint density at radius 1 is 1.19 bits per heavy atom. The maximum atomic E-state index is 12.2. The van der Waals surface area contributed by atoms with Gasteiger partial charge in [0, 0.05) is 22.9 Å². The molecule has 4 nitrogen and oxygen atoms in total. The average Bonchev–Trinajstić information content (AvgIpc) is 2.95. The summed E-state index contributed by atoms with van der Waals surface area (Å²) in [5, 5.41) is 10.2. The molecule has 21 heavy (non-hydrogen) atoms. The summed E-state index contributed by atoms with van der Waals surface area (Å²) in [7, 11) is 0. The molecule has 1 amide bonds. The topological polar surface area (TPSA) is 57.8 Å². The zero-order valence-electron chi connectivity index (χ0n) is 12.4. The second-order valence-corrected chi connectivity index (χ2v) is 5.84. The van der Waals surface area contributed by atoms with E-state index in [0.717, 1.165) is 35.5 Å². The second-order valence-electron chi connectivity index (χ2n) is 5.84. The normalized spacial score (nSPS) is 15.9. The fourth-order valence-corrected chi connectivity index (χ4v) is 2.90. The van der Waals surface area contributed by atoms with Crippen LogP contribution in [-0.2, 0) is 4.79 Å². The first-order chi connectivity index (χ1) is 10.2. The van der Waals surface area contributed by atoms with E-state index in [1.807, 2.05) is 37.3 Å². The third-order valence-corrected chi connectivity index (χ3v) is 4.13. The molecule has 0 saturated heterocycles. The number of amides is 1. The first kappa shape index (κ1) is 13.9. The van der Waals surface area contributed by atoms with E-state index in [1.165, 1.54) is 19.3 Å². The van der Waals surface area contributed by atoms with Crippen molar-refractivity contribution in [2.75, 3.05) is 5.32 Å². The smallest absolute Gasteiger partial charge is 0.227 e. The molecule has 1 aliphatic rings. The number of aromatic nitrogens is 2. The Morgan fingerprint density at radius 3 is 2.52 bits per heavy atom. The summed E-state index contributed by atoms with van der Waals surface area (Å²) in [6.07, 6.45) is 5.67. The van der Waals surface area contributed by atoms with Crippen LogP contribution in [0.25, 0.3) is 11.3 Å². The number of aryl methyl sites for hydroxylation is 1. The van der Waals surface area contributed by atoms with Gasteiger partial charge in [-0.05, 0) is 38.0 Å². The SMILES string of the molecule is Cc1cc(-c2ccc(NC(=O)C3CCCCC3)cc2)n[nH]1. The molecular formula is C17H21N3O. The minimum Gasteiger partial charge on any atom is -0.326 e. The number of nitrogens with one attached hydrogen (secondary N) is 2. The number of aromatic amines is 1. The predicted molar refractivity (Wildman–Crippen MR) is 84.0 cm³/mol. The maximum Gasteiger partial charge on any atom is 0.227 e. The molecule has 110 valence electrons. The average molecular weight is 283 g/mol. The van der Waals surface area contributed by atoms with Gasteiger partial charge in [0.2, 0.25) is 5.91 Å². The number of carbonyl (C=O) groups is 1. The summed E-state index contributed by atoms with van der Waals surface area (Å²) in [6, 6.07) is 9.88. The van der Waals surface area contributed by atoms with E-state index in [2.05, 4.69) is 15.5 Å². The van der Waals surface area contributed by atoms with Crippen molar-refractivity contribution in [3.05, 3.63) is 36.0 Å². The number of anilines is 1. The summed E-state index contributed by atoms with van der Waals surface area (Å²) < 4.78 is 0. The number of carbonyl (C=O) groups excluding carboxylic acids is 1. The molecule has 0 atom stereocenters. The van der Waals surface area contributed by atoms with Gasteiger partial charge in [-0.1, -0.05) is 31.4 Å². The van der Waals surface area contributed by atoms with Gasteiger partial charge in [-0.3, -0.25) is 9.89 Å². The van der Waals surface area contributed by atoms with Crippen LogP contribution in [0.2, 0.25) is 0 Å². The van der Waals surface area contributed by atoms with Crippen molar-refractivity contribution in [3.8, 4) is 11.3 Å². The Balaban J connectivity index is 1.65. The van der Waals surface area contributed by atoms with Gasteiger partial charge in [0.1, 0.15) is 0 Å². The number of hydrogen-bond acceptors (Lipinski definition) is 2. The van der Waals surface area contributed by atoms with Gasteiger partial charge in [0.05, 0.1) is 5.69 Å². The number of rotatable bonds is 3. The molecule has 2 N–H and O–H groups in total. The van der Waals surface area contributed by atoms with Crippen molar-refractivity contribution in [1.29, 1.82) is 0 Å². The lowest BCUT2D eigenvalue weighted by Gasteiger charge is -2.20. The van der Waals surface area contributed by atoms with E-state index in [-0.39, 0.29) is 11.8 Å². The Bertz CT molecular complexity index is 609. The Labute approximate surface area is 125 Å². The summed E-state index contributed by atoms with van der Waals surface area (Å²) in [4.78, 5) is 12.2. The van der Waals surface area contributed by atoms with Gasteiger partial charge in [-0.25, -0.2) is 0 Å². The monoisotopic (exact) mass is 283 g/mol. The summed E-state index contributed by atoms with van der Waals surface area (Å²) in [5.41, 5.74) is 3.88. The lowest BCUT2D eigenvalue weighted by molar-refractivity contribution is -0.120. The van der Waals surface area contributed by atoms with Crippen molar-refractivity contribution < 1.29 is 4.79 Å². The fourth-order valence-electron chi connectivity index (χ4n) is 2.90. The molecule has 1 aliphatic carbocycles. The van der Waals surface area contributed by atoms with Crippen LogP contribution >= 0.6 is 0 Å². The van der Waals surface area contributed by atoms with Gasteiger partial charge in [0.15, 0.2) is 0 Å². The summed E-state index contributed by atoms with van der Waals surface area (Å²) in [6.45, 7) is 1.98. The first-order valence-electron chi connectivity index (χ1n) is 7.66. The third kappa shape index (κ3) is 3.32. The quantitative estimate of drug-likeness (QED) is 0.897. The third-order valence-electron chi connectivity index (χ3n) is 4.13. The van der Waals surface area contributed by atoms with E-state index in [4.69, 9.17) is 0 Å². The molecule has 1 aromatic carbocycles. The largest absolute Gasteiger partial charge is 0.326 e. The number of nitrogens with zero attached hydrogens (tertiary/aromatic N) is 1. The van der Waals surface area contributed by atoms with Gasteiger partial charge >= 0.3 is 0 Å². The van der Waals surface area contributed by atoms with E-state index < -0.39 is 0 Å². The molecule has 0 unspecified atom stereocenters. The minimum atomic E-state index is 0.165. The van der Waals surface area contributed by atoms with Crippen LogP contribution in [0, 0.1) is 12.8 Å². The molecule has 0 bridgehead atoms. The minimum absolute atomic E-state index is 0.165. The molecule has 1 aromatic heterocycles. The number of H-pyrrole nitrogens is 1. The molecule has 1 fully saturated rings. The van der Waals surface area contributed by atoms with E-state index >= 15 is 0 Å². The Morgan fingerprint density at radius 2 is 1.90 bits per heavy atom. The van der Waals surface area contributed by atoms with Crippen LogP contribution in [-0.4, -0.2) is 16.1 Å². The second kappa shape index (κ2) is 6.12. The van der Waals surface area contributed by atoms with E-state index in [9.17, 15) is 4.79 Å². The van der Waals surface area contributed by atoms with Gasteiger partial charge in [-0.15, -0.1) is 0 Å². The standard InChI is InChI=1S/C17H21N3O/c1-12-11-16(20-19-12)13-7-9-15(10-8-13)18-17(21)14-5-3-2-4-6-14/h7-11,14H,2-6H2,1H3,(H,18,21)(H,19,20). The molecule has 0 radical (unpaired) electrons. The first-order valence-corrected chi connectivity index (χ1v) is 7.66. The molecule has 0 aliphatic heterocycles. The van der Waals surface area contributed by atoms with Crippen LogP contribution < -0.4 is 5.32 Å². The molecule has 1 saturated carbocycles. The van der Waals surface area contributed by atoms with Crippen LogP contribution in [0.3, 0.4) is 0 Å². The van der Waals surface area contributed by atoms with Crippen molar-refractivity contribution >= 4 is 11.6 Å². The zero-order chi connectivity index (χ0) is 14.7. The van der Waals surface area contributed by atoms with Crippen LogP contribution in [0.1, 0.15) is 37.8 Å². The molecular weight excluding hydrogens is 262 g/mol. The molecule has 3 rings (SSSR count). The summed E-state index contributed by atoms with van der Waals surface area (Å²) >= 11 is 0. The van der Waals surface area contributed by atoms with E-state index in [1.54, 1.807) is 0 Å². The van der Waals surface area contributed by atoms with Crippen molar-refractivity contribution in [3.63, 3.8) is 0 Å². The lowest BCUT2D eigenvalue weighted by Crippen LogP contribution is -2.24. The summed E-state index contributed by atoms with van der Waals surface area (Å²) in [5.74, 6) is 0.352. The maximum absolute atomic E-state index is 12.2. The molecule has 0 spiro atoms. The Hall–Kier alpha value is -2.10. The highest BCUT2D eigenvalue weighted by atomic mass is 16.1. The van der Waals surface area contributed by atoms with Crippen LogP contribution in [0.4, 0.5) is 5.69 Å². The van der Waals surface area contributed by atoms with Crippen molar-refractivity contribution in [1.82, 2.24) is 10.2 Å². The Kier molecular flexibility index (Phi) is 4.04. The lowest BCUT2D eigenvalue weighted by atomic mass is 9.88. The van der Waals surface area contributed by atoms with Gasteiger partial charge < -0.3 is 5.32 Å². The zero-order valence-corrected chi connectivity index (χ0v) is 12.4. The number of benzene rings is 1. The number of hydrogen-bond donors (Lipinski definition) is 2.